The van der Waals surface area contributed by atoms with Crippen LogP contribution >= 0.6 is 0 Å². The maximum atomic E-state index is 5.38. The Balaban J connectivity index is 1.21. The maximum absolute atomic E-state index is 5.38. The van der Waals surface area contributed by atoms with Crippen LogP contribution in [0, 0.1) is 13.8 Å². The Kier molecular flexibility index (Phi) is 6.79. The lowest BCUT2D eigenvalue weighted by Gasteiger charge is -2.27. The third-order valence-corrected chi connectivity index (χ3v) is 10.1. The van der Waals surface area contributed by atoms with E-state index in [0.717, 1.165) is 51.0 Å². The highest BCUT2D eigenvalue weighted by Gasteiger charge is 2.22. The fourth-order valence-electron chi connectivity index (χ4n) is 7.66. The maximum Gasteiger partial charge on any atom is 0.139 e. The van der Waals surface area contributed by atoms with Crippen molar-refractivity contribution in [2.75, 3.05) is 4.90 Å². The van der Waals surface area contributed by atoms with Crippen LogP contribution in [0.1, 0.15) is 37.5 Å². The number of benzene rings is 5. The monoisotopic (exact) mass is 646 g/mol. The number of fused-ring (bicyclic) bond motifs is 6. The average molecular weight is 647 g/mol. The first-order chi connectivity index (χ1) is 24.3. The van der Waals surface area contributed by atoms with Gasteiger partial charge in [-0.1, -0.05) is 118 Å². The minimum absolute atomic E-state index is 0.0447. The molecule has 0 aliphatic heterocycles. The first-order valence-corrected chi connectivity index (χ1v) is 17.3. The summed E-state index contributed by atoms with van der Waals surface area (Å²) in [5.41, 5.74) is 12.5. The van der Waals surface area contributed by atoms with Crippen LogP contribution in [0.4, 0.5) is 17.3 Å². The van der Waals surface area contributed by atoms with Gasteiger partial charge < -0.3 is 4.40 Å². The molecule has 4 aromatic heterocycles. The first-order valence-electron chi connectivity index (χ1n) is 17.3. The van der Waals surface area contributed by atoms with Gasteiger partial charge in [-0.15, -0.1) is 0 Å². The molecule has 50 heavy (non-hydrogen) atoms. The molecule has 0 bridgehead atoms. The van der Waals surface area contributed by atoms with Crippen molar-refractivity contribution in [3.8, 4) is 22.5 Å². The molecule has 9 rings (SSSR count). The summed E-state index contributed by atoms with van der Waals surface area (Å²) >= 11 is 0. The zero-order valence-electron chi connectivity index (χ0n) is 29.1. The lowest BCUT2D eigenvalue weighted by atomic mass is 9.86. The summed E-state index contributed by atoms with van der Waals surface area (Å²) in [5, 5.41) is 5.11. The molecule has 0 saturated carbocycles. The van der Waals surface area contributed by atoms with Gasteiger partial charge in [0.25, 0.3) is 0 Å². The van der Waals surface area contributed by atoms with Gasteiger partial charge in [-0.3, -0.25) is 4.90 Å². The van der Waals surface area contributed by atoms with Gasteiger partial charge in [-0.25, -0.2) is 9.97 Å². The molecule has 0 radical (unpaired) electrons. The van der Waals surface area contributed by atoms with Crippen molar-refractivity contribution in [1.29, 1.82) is 0 Å². The third-order valence-electron chi connectivity index (χ3n) is 10.1. The van der Waals surface area contributed by atoms with Crippen molar-refractivity contribution in [3.63, 3.8) is 0 Å². The van der Waals surface area contributed by atoms with Gasteiger partial charge in [0.1, 0.15) is 11.6 Å². The third kappa shape index (κ3) is 4.74. The van der Waals surface area contributed by atoms with E-state index in [-0.39, 0.29) is 5.41 Å². The Morgan fingerprint density at radius 1 is 0.500 bits per heavy atom. The number of hydrogen-bond acceptors (Lipinski definition) is 3. The summed E-state index contributed by atoms with van der Waals surface area (Å²) in [6.07, 6.45) is 0. The lowest BCUT2D eigenvalue weighted by molar-refractivity contribution is 0.590. The van der Waals surface area contributed by atoms with Crippen LogP contribution in [-0.2, 0) is 5.41 Å². The van der Waals surface area contributed by atoms with Crippen molar-refractivity contribution in [2.24, 2.45) is 0 Å². The molecule has 4 heteroatoms. The van der Waals surface area contributed by atoms with Crippen LogP contribution in [0.5, 0.6) is 0 Å². The van der Waals surface area contributed by atoms with Crippen LogP contribution in [0.2, 0.25) is 0 Å². The van der Waals surface area contributed by atoms with E-state index in [1.54, 1.807) is 0 Å². The molecule has 0 atom stereocenters. The Morgan fingerprint density at radius 2 is 1.06 bits per heavy atom. The minimum Gasteiger partial charge on any atom is -0.308 e. The fourth-order valence-corrected chi connectivity index (χ4v) is 7.66. The van der Waals surface area contributed by atoms with Gasteiger partial charge in [-0.2, -0.15) is 0 Å². The predicted octanol–water partition coefficient (Wildman–Crippen LogP) is 12.3. The number of pyridine rings is 2. The van der Waals surface area contributed by atoms with E-state index < -0.39 is 0 Å². The Bertz CT molecular complexity index is 2710. The van der Waals surface area contributed by atoms with Crippen molar-refractivity contribution >= 4 is 55.4 Å². The van der Waals surface area contributed by atoms with E-state index >= 15 is 0 Å². The van der Waals surface area contributed by atoms with Gasteiger partial charge in [0, 0.05) is 32.7 Å². The van der Waals surface area contributed by atoms with Gasteiger partial charge in [0.05, 0.1) is 33.6 Å². The molecule has 0 unspecified atom stereocenters. The minimum atomic E-state index is 0.0447. The first kappa shape index (κ1) is 30.1. The molecular formula is C46H38N4. The van der Waals surface area contributed by atoms with Gasteiger partial charge in [-0.05, 0) is 78.4 Å². The van der Waals surface area contributed by atoms with Crippen molar-refractivity contribution in [1.82, 2.24) is 14.4 Å². The Labute approximate surface area is 292 Å². The van der Waals surface area contributed by atoms with Crippen LogP contribution < -0.4 is 4.90 Å². The molecule has 0 fully saturated rings. The van der Waals surface area contributed by atoms with Gasteiger partial charge >= 0.3 is 0 Å². The topological polar surface area (TPSA) is 33.4 Å². The summed E-state index contributed by atoms with van der Waals surface area (Å²) in [4.78, 5) is 12.9. The number of aryl methyl sites for hydroxylation is 2. The molecule has 4 heterocycles. The molecule has 5 aromatic carbocycles. The molecular weight excluding hydrogens is 609 g/mol. The highest BCUT2D eigenvalue weighted by atomic mass is 15.2. The quantitative estimate of drug-likeness (QED) is 0.187. The van der Waals surface area contributed by atoms with Gasteiger partial charge in [0.2, 0.25) is 0 Å². The normalized spacial score (nSPS) is 12.1. The standard InChI is InChI=1S/C46H38N4/c1-29-13-8-14-30(2)44(29)50(42-23-11-20-38(47-42)31-15-9-16-33(27-31)46(3,4)5)43-24-12-21-39(48-43)32-25-26-35-37-19-10-18-36-34-17-6-7-22-40(34)49(45(36)37)41(35)28-32/h6-28H,1-5H3. The van der Waals surface area contributed by atoms with Gasteiger partial charge in [0.15, 0.2) is 0 Å². The van der Waals surface area contributed by atoms with Crippen LogP contribution in [0.15, 0.2) is 140 Å². The average Bonchev–Trinajstić information content (AvgIpc) is 3.65. The molecule has 4 nitrogen and oxygen atoms in total. The Hall–Kier alpha value is -6.00. The fraction of sp³-hybridized carbons (Fsp3) is 0.130. The Morgan fingerprint density at radius 3 is 1.74 bits per heavy atom. The second kappa shape index (κ2) is 11.3. The number of rotatable bonds is 5. The molecule has 0 N–H and O–H groups in total. The summed E-state index contributed by atoms with van der Waals surface area (Å²) in [6, 6.07) is 49.9. The number of para-hydroxylation sites is 3. The second-order valence-corrected chi connectivity index (χ2v) is 14.5. The molecule has 0 spiro atoms. The summed E-state index contributed by atoms with van der Waals surface area (Å²) in [5.74, 6) is 1.65. The van der Waals surface area contributed by atoms with Crippen LogP contribution in [0.25, 0.3) is 60.6 Å². The van der Waals surface area contributed by atoms with Crippen LogP contribution in [-0.4, -0.2) is 14.4 Å². The molecule has 0 amide bonds. The smallest absolute Gasteiger partial charge is 0.139 e. The zero-order chi connectivity index (χ0) is 34.1. The molecule has 0 aliphatic carbocycles. The summed E-state index contributed by atoms with van der Waals surface area (Å²) in [6.45, 7) is 11.1. The van der Waals surface area contributed by atoms with E-state index in [2.05, 4.69) is 183 Å². The predicted molar refractivity (Wildman–Crippen MR) is 210 cm³/mol. The lowest BCUT2D eigenvalue weighted by Crippen LogP contribution is -2.16. The molecule has 0 saturated heterocycles. The van der Waals surface area contributed by atoms with Crippen molar-refractivity contribution < 1.29 is 0 Å². The van der Waals surface area contributed by atoms with E-state index in [1.165, 1.54) is 43.7 Å². The largest absolute Gasteiger partial charge is 0.308 e. The molecule has 0 aliphatic rings. The number of hydrogen-bond donors (Lipinski definition) is 0. The van der Waals surface area contributed by atoms with Crippen LogP contribution in [0.3, 0.4) is 0 Å². The van der Waals surface area contributed by atoms with E-state index in [0.29, 0.717) is 0 Å². The second-order valence-electron chi connectivity index (χ2n) is 14.5. The number of anilines is 3. The SMILES string of the molecule is Cc1cccc(C)c1N(c1cccc(-c2cccc(C(C)(C)C)c2)n1)c1cccc(-c2ccc3c4cccc5c6ccccc6n(c3c2)c54)n1. The number of nitrogens with zero attached hydrogens (tertiary/aromatic N) is 4. The van der Waals surface area contributed by atoms with E-state index in [4.69, 9.17) is 9.97 Å². The van der Waals surface area contributed by atoms with Crippen molar-refractivity contribution in [3.05, 3.63) is 156 Å². The highest BCUT2D eigenvalue weighted by Crippen LogP contribution is 2.41. The summed E-state index contributed by atoms with van der Waals surface area (Å²) < 4.78 is 2.43. The molecule has 242 valence electrons. The van der Waals surface area contributed by atoms with E-state index in [1.807, 2.05) is 0 Å². The number of aromatic nitrogens is 3. The zero-order valence-corrected chi connectivity index (χ0v) is 29.1. The highest BCUT2D eigenvalue weighted by molar-refractivity contribution is 6.23. The molecule has 9 aromatic rings. The summed E-state index contributed by atoms with van der Waals surface area (Å²) in [7, 11) is 0. The van der Waals surface area contributed by atoms with E-state index in [9.17, 15) is 0 Å². The van der Waals surface area contributed by atoms with Crippen molar-refractivity contribution in [2.45, 2.75) is 40.0 Å².